The van der Waals surface area contributed by atoms with Gasteiger partial charge >= 0.3 is 0 Å². The first-order valence-corrected chi connectivity index (χ1v) is 7.18. The maximum Gasteiger partial charge on any atom is 0.244 e. The van der Waals surface area contributed by atoms with Crippen molar-refractivity contribution in [3.8, 4) is 0 Å². The summed E-state index contributed by atoms with van der Waals surface area (Å²) in [6, 6.07) is 1.61. The molecule has 6 nitrogen and oxygen atoms in total. The summed E-state index contributed by atoms with van der Waals surface area (Å²) >= 11 is 0. The van der Waals surface area contributed by atoms with E-state index in [1.165, 1.54) is 12.4 Å². The Morgan fingerprint density at radius 3 is 2.78 bits per heavy atom. The Kier molecular flexibility index (Phi) is 5.52. The first-order chi connectivity index (χ1) is 8.47. The second-order valence-corrected chi connectivity index (χ2v) is 5.67. The summed E-state index contributed by atoms with van der Waals surface area (Å²) in [7, 11) is -1.89. The number of rotatable bonds is 7. The average Bonchev–Trinajstić information content (AvgIpc) is 2.34. The second-order valence-electron chi connectivity index (χ2n) is 3.94. The Morgan fingerprint density at radius 1 is 1.44 bits per heavy atom. The minimum atomic E-state index is -3.56. The van der Waals surface area contributed by atoms with E-state index in [1.807, 2.05) is 13.8 Å². The normalized spacial score (nSPS) is 11.8. The Bertz CT molecular complexity index is 474. The maximum absolute atomic E-state index is 12.0. The van der Waals surface area contributed by atoms with Gasteiger partial charge in [-0.2, -0.15) is 0 Å². The van der Waals surface area contributed by atoms with Crippen molar-refractivity contribution in [2.45, 2.75) is 24.8 Å². The van der Waals surface area contributed by atoms with E-state index >= 15 is 0 Å². The summed E-state index contributed by atoms with van der Waals surface area (Å²) in [4.78, 5) is 3.96. The molecule has 1 rings (SSSR count). The molecule has 2 N–H and O–H groups in total. The molecule has 0 spiro atoms. The van der Waals surface area contributed by atoms with Crippen molar-refractivity contribution in [1.29, 1.82) is 0 Å². The largest absolute Gasteiger partial charge is 0.387 e. The van der Waals surface area contributed by atoms with Crippen LogP contribution in [0.3, 0.4) is 0 Å². The van der Waals surface area contributed by atoms with Crippen LogP contribution in [0.25, 0.3) is 0 Å². The van der Waals surface area contributed by atoms with E-state index < -0.39 is 10.0 Å². The zero-order chi connectivity index (χ0) is 13.6. The molecule has 0 amide bonds. The van der Waals surface area contributed by atoms with Crippen molar-refractivity contribution in [2.24, 2.45) is 0 Å². The summed E-state index contributed by atoms with van der Waals surface area (Å²) < 4.78 is 31.8. The number of sulfonamides is 1. The molecule has 1 aromatic heterocycles. The van der Waals surface area contributed by atoms with Crippen molar-refractivity contribution >= 4 is 15.7 Å². The van der Waals surface area contributed by atoms with Gasteiger partial charge in [-0.25, -0.2) is 13.1 Å². The molecular weight excluding hydrogens is 254 g/mol. The number of ether oxygens (including phenoxy) is 1. The predicted octanol–water partition coefficient (Wildman–Crippen LogP) is 0.827. The van der Waals surface area contributed by atoms with Gasteiger partial charge in [0.1, 0.15) is 4.90 Å². The third-order valence-electron chi connectivity index (χ3n) is 2.19. The molecule has 0 saturated heterocycles. The molecule has 1 heterocycles. The molecule has 0 aromatic carbocycles. The molecule has 0 fully saturated rings. The molecule has 0 atom stereocenters. The quantitative estimate of drug-likeness (QED) is 0.719. The lowest BCUT2D eigenvalue weighted by molar-refractivity contribution is 0.0834. The average molecular weight is 273 g/mol. The fourth-order valence-electron chi connectivity index (χ4n) is 1.35. The van der Waals surface area contributed by atoms with Crippen molar-refractivity contribution in [2.75, 3.05) is 25.5 Å². The molecule has 0 unspecified atom stereocenters. The lowest BCUT2D eigenvalue weighted by Gasteiger charge is -2.11. The molecule has 0 saturated carbocycles. The van der Waals surface area contributed by atoms with Crippen LogP contribution in [-0.2, 0) is 14.8 Å². The van der Waals surface area contributed by atoms with E-state index in [1.54, 1.807) is 13.1 Å². The van der Waals surface area contributed by atoms with Gasteiger partial charge < -0.3 is 10.1 Å². The van der Waals surface area contributed by atoms with Gasteiger partial charge in [-0.05, 0) is 19.9 Å². The summed E-state index contributed by atoms with van der Waals surface area (Å²) in [5.74, 6) is 0. The summed E-state index contributed by atoms with van der Waals surface area (Å²) in [6.45, 7) is 4.37. The third kappa shape index (κ3) is 4.25. The number of anilines is 1. The third-order valence-corrected chi connectivity index (χ3v) is 3.68. The molecule has 18 heavy (non-hydrogen) atoms. The topological polar surface area (TPSA) is 80.3 Å². The highest BCUT2D eigenvalue weighted by Crippen LogP contribution is 2.18. The molecule has 0 bridgehead atoms. The van der Waals surface area contributed by atoms with E-state index in [0.717, 1.165) is 0 Å². The first kappa shape index (κ1) is 14.9. The molecular formula is C11H19N3O3S. The van der Waals surface area contributed by atoms with Crippen LogP contribution in [0.1, 0.15) is 13.8 Å². The van der Waals surface area contributed by atoms with Gasteiger partial charge in [0.25, 0.3) is 0 Å². The molecule has 1 aromatic rings. The first-order valence-electron chi connectivity index (χ1n) is 5.70. The number of hydrogen-bond donors (Lipinski definition) is 2. The highest BCUT2D eigenvalue weighted by Gasteiger charge is 2.17. The number of pyridine rings is 1. The van der Waals surface area contributed by atoms with Crippen molar-refractivity contribution in [3.63, 3.8) is 0 Å². The van der Waals surface area contributed by atoms with Crippen molar-refractivity contribution < 1.29 is 13.2 Å². The van der Waals surface area contributed by atoms with Crippen LogP contribution >= 0.6 is 0 Å². The molecule has 0 aliphatic carbocycles. The van der Waals surface area contributed by atoms with Crippen LogP contribution in [0.5, 0.6) is 0 Å². The smallest absolute Gasteiger partial charge is 0.244 e. The minimum absolute atomic E-state index is 0.0840. The van der Waals surface area contributed by atoms with E-state index in [4.69, 9.17) is 4.74 Å². The van der Waals surface area contributed by atoms with Gasteiger partial charge in [-0.3, -0.25) is 4.98 Å². The maximum atomic E-state index is 12.0. The fourth-order valence-corrected chi connectivity index (χ4v) is 2.52. The fraction of sp³-hybridized carbons (Fsp3) is 0.545. The zero-order valence-corrected chi connectivity index (χ0v) is 11.6. The van der Waals surface area contributed by atoms with Gasteiger partial charge in [0.05, 0.1) is 18.4 Å². The standard InChI is InChI=1S/C11H19N3O3S/c1-9(2)17-7-6-14-18(15,16)11-8-13-5-4-10(11)12-3/h4-5,8-9,14H,6-7H2,1-3H3,(H,12,13). The molecule has 0 radical (unpaired) electrons. The van der Waals surface area contributed by atoms with Gasteiger partial charge in [0.2, 0.25) is 10.0 Å². The van der Waals surface area contributed by atoms with Crippen molar-refractivity contribution in [1.82, 2.24) is 9.71 Å². The summed E-state index contributed by atoms with van der Waals surface area (Å²) in [6.07, 6.45) is 2.94. The number of aromatic nitrogens is 1. The van der Waals surface area contributed by atoms with E-state index in [-0.39, 0.29) is 17.5 Å². The monoisotopic (exact) mass is 273 g/mol. The lowest BCUT2D eigenvalue weighted by Crippen LogP contribution is -2.28. The summed E-state index contributed by atoms with van der Waals surface area (Å²) in [5, 5.41) is 2.82. The molecule has 0 aliphatic heterocycles. The zero-order valence-electron chi connectivity index (χ0n) is 10.8. The van der Waals surface area contributed by atoms with Crippen LogP contribution in [0.15, 0.2) is 23.4 Å². The van der Waals surface area contributed by atoms with Gasteiger partial charge in [0, 0.05) is 26.0 Å². The van der Waals surface area contributed by atoms with Crippen LogP contribution in [0.2, 0.25) is 0 Å². The number of hydrogen-bond acceptors (Lipinski definition) is 5. The summed E-state index contributed by atoms with van der Waals surface area (Å²) in [5.41, 5.74) is 0.516. The highest BCUT2D eigenvalue weighted by molar-refractivity contribution is 7.89. The van der Waals surface area contributed by atoms with Crippen LogP contribution in [0, 0.1) is 0 Å². The number of nitrogens with zero attached hydrogens (tertiary/aromatic N) is 1. The molecule has 0 aliphatic rings. The number of nitrogens with one attached hydrogen (secondary N) is 2. The molecule has 102 valence electrons. The lowest BCUT2D eigenvalue weighted by atomic mass is 10.4. The second kappa shape index (κ2) is 6.67. The van der Waals surface area contributed by atoms with Gasteiger partial charge in [-0.15, -0.1) is 0 Å². The van der Waals surface area contributed by atoms with Crippen LogP contribution < -0.4 is 10.0 Å². The molecule has 7 heteroatoms. The highest BCUT2D eigenvalue weighted by atomic mass is 32.2. The van der Waals surface area contributed by atoms with Gasteiger partial charge in [-0.1, -0.05) is 0 Å². The Balaban J connectivity index is 2.68. The van der Waals surface area contributed by atoms with E-state index in [0.29, 0.717) is 12.3 Å². The van der Waals surface area contributed by atoms with Crippen LogP contribution in [0.4, 0.5) is 5.69 Å². The van der Waals surface area contributed by atoms with Crippen molar-refractivity contribution in [3.05, 3.63) is 18.5 Å². The van der Waals surface area contributed by atoms with E-state index in [2.05, 4.69) is 15.0 Å². The Morgan fingerprint density at radius 2 is 2.17 bits per heavy atom. The van der Waals surface area contributed by atoms with Gasteiger partial charge in [0.15, 0.2) is 0 Å². The minimum Gasteiger partial charge on any atom is -0.387 e. The van der Waals surface area contributed by atoms with E-state index in [9.17, 15) is 8.42 Å². The predicted molar refractivity (Wildman–Crippen MR) is 70.1 cm³/mol. The Hall–Kier alpha value is -1.18. The Labute approximate surface area is 108 Å². The van der Waals surface area contributed by atoms with Crippen LogP contribution in [-0.4, -0.2) is 39.7 Å². The SMILES string of the molecule is CNc1ccncc1S(=O)(=O)NCCOC(C)C.